The van der Waals surface area contributed by atoms with Crippen LogP contribution in [0.1, 0.15) is 68.8 Å². The summed E-state index contributed by atoms with van der Waals surface area (Å²) in [5, 5.41) is 4.31. The fourth-order valence-corrected chi connectivity index (χ4v) is 3.06. The Morgan fingerprint density at radius 3 is 2.55 bits per heavy atom. The Balaban J connectivity index is 2.19. The van der Waals surface area contributed by atoms with Crippen LogP contribution in [-0.2, 0) is 6.54 Å². The van der Waals surface area contributed by atoms with Crippen molar-refractivity contribution in [2.75, 3.05) is 7.11 Å². The van der Waals surface area contributed by atoms with Gasteiger partial charge in [0.05, 0.1) is 13.3 Å². The molecule has 1 aromatic rings. The van der Waals surface area contributed by atoms with Gasteiger partial charge in [-0.15, -0.1) is 0 Å². The van der Waals surface area contributed by atoms with E-state index in [4.69, 9.17) is 4.74 Å². The van der Waals surface area contributed by atoms with Crippen LogP contribution < -0.4 is 4.74 Å². The number of hydrogen-bond acceptors (Lipinski definition) is 3. The lowest BCUT2D eigenvalue weighted by Crippen LogP contribution is -2.21. The minimum absolute atomic E-state index is 0.150. The summed E-state index contributed by atoms with van der Waals surface area (Å²) in [6.07, 6.45) is 10.8. The first kappa shape index (κ1) is 15.1. The van der Waals surface area contributed by atoms with E-state index in [0.717, 1.165) is 25.8 Å². The molecule has 4 heteroatoms. The van der Waals surface area contributed by atoms with Crippen molar-refractivity contribution in [1.29, 1.82) is 0 Å². The highest BCUT2D eigenvalue weighted by atomic mass is 16.5. The molecule has 0 unspecified atom stereocenters. The van der Waals surface area contributed by atoms with E-state index in [1.807, 2.05) is 4.68 Å². The maximum absolute atomic E-state index is 12.9. The van der Waals surface area contributed by atoms with Crippen LogP contribution in [0.15, 0.2) is 6.20 Å². The maximum Gasteiger partial charge on any atom is 0.187 e. The van der Waals surface area contributed by atoms with Gasteiger partial charge in [0, 0.05) is 12.5 Å². The second-order valence-electron chi connectivity index (χ2n) is 5.69. The molecule has 0 atom stereocenters. The topological polar surface area (TPSA) is 44.1 Å². The quantitative estimate of drug-likeness (QED) is 0.768. The van der Waals surface area contributed by atoms with Crippen LogP contribution in [0, 0.1) is 5.92 Å². The first-order valence-electron chi connectivity index (χ1n) is 7.92. The number of rotatable bonds is 5. The van der Waals surface area contributed by atoms with Gasteiger partial charge in [-0.3, -0.25) is 9.48 Å². The van der Waals surface area contributed by atoms with Crippen LogP contribution in [0.4, 0.5) is 0 Å². The van der Waals surface area contributed by atoms with Gasteiger partial charge in [0.15, 0.2) is 11.5 Å². The number of ketones is 1. The van der Waals surface area contributed by atoms with Crippen molar-refractivity contribution in [3.63, 3.8) is 0 Å². The fourth-order valence-electron chi connectivity index (χ4n) is 3.06. The van der Waals surface area contributed by atoms with Crippen LogP contribution in [0.3, 0.4) is 0 Å². The molecule has 0 aliphatic heterocycles. The maximum atomic E-state index is 12.9. The molecule has 0 amide bonds. The molecule has 1 aromatic heterocycles. The smallest absolute Gasteiger partial charge is 0.187 e. The molecule has 0 spiro atoms. The van der Waals surface area contributed by atoms with Gasteiger partial charge >= 0.3 is 0 Å². The van der Waals surface area contributed by atoms with Gasteiger partial charge < -0.3 is 4.74 Å². The van der Waals surface area contributed by atoms with Crippen molar-refractivity contribution in [2.24, 2.45) is 5.92 Å². The lowest BCUT2D eigenvalue weighted by molar-refractivity contribution is 0.0883. The molecule has 112 valence electrons. The summed E-state index contributed by atoms with van der Waals surface area (Å²) in [6.45, 7) is 2.87. The van der Waals surface area contributed by atoms with Crippen molar-refractivity contribution >= 4 is 5.78 Å². The molecule has 1 aliphatic carbocycles. The predicted octanol–water partition coefficient (Wildman–Crippen LogP) is 3.84. The zero-order valence-corrected chi connectivity index (χ0v) is 12.7. The Hall–Kier alpha value is -1.32. The summed E-state index contributed by atoms with van der Waals surface area (Å²) in [6, 6.07) is 0. The van der Waals surface area contributed by atoms with Gasteiger partial charge in [0.25, 0.3) is 0 Å². The molecule has 1 saturated carbocycles. The van der Waals surface area contributed by atoms with Crippen LogP contribution in [0.2, 0.25) is 0 Å². The molecular weight excluding hydrogens is 252 g/mol. The molecule has 20 heavy (non-hydrogen) atoms. The first-order chi connectivity index (χ1) is 9.77. The number of hydrogen-bond donors (Lipinski definition) is 0. The summed E-state index contributed by atoms with van der Waals surface area (Å²) in [7, 11) is 1.61. The SMILES string of the molecule is CCCn1ncc(OC)c1C(=O)C1CCCCCCC1. The molecule has 0 radical (unpaired) electrons. The average molecular weight is 278 g/mol. The third-order valence-corrected chi connectivity index (χ3v) is 4.17. The van der Waals surface area contributed by atoms with Crippen molar-refractivity contribution in [2.45, 2.75) is 64.8 Å². The molecular formula is C16H26N2O2. The lowest BCUT2D eigenvalue weighted by Gasteiger charge is -2.19. The Kier molecular flexibility index (Phi) is 5.62. The highest BCUT2D eigenvalue weighted by Crippen LogP contribution is 2.29. The van der Waals surface area contributed by atoms with Gasteiger partial charge in [-0.1, -0.05) is 39.0 Å². The van der Waals surface area contributed by atoms with Crippen LogP contribution >= 0.6 is 0 Å². The molecule has 0 aromatic carbocycles. The van der Waals surface area contributed by atoms with E-state index in [1.54, 1.807) is 13.3 Å². The summed E-state index contributed by atoms with van der Waals surface area (Å²) in [4.78, 5) is 12.9. The Morgan fingerprint density at radius 1 is 1.30 bits per heavy atom. The van der Waals surface area contributed by atoms with Crippen LogP contribution in [0.5, 0.6) is 5.75 Å². The number of methoxy groups -OCH3 is 1. The van der Waals surface area contributed by atoms with Crippen molar-refractivity contribution in [3.8, 4) is 5.75 Å². The fraction of sp³-hybridized carbons (Fsp3) is 0.750. The van der Waals surface area contributed by atoms with E-state index in [0.29, 0.717) is 11.4 Å². The summed E-state index contributed by atoms with van der Waals surface area (Å²) in [5.41, 5.74) is 0.680. The monoisotopic (exact) mass is 278 g/mol. The van der Waals surface area contributed by atoms with Crippen molar-refractivity contribution in [3.05, 3.63) is 11.9 Å². The van der Waals surface area contributed by atoms with Gasteiger partial charge in [0.2, 0.25) is 0 Å². The highest BCUT2D eigenvalue weighted by molar-refractivity contribution is 5.98. The third kappa shape index (κ3) is 3.41. The van der Waals surface area contributed by atoms with E-state index < -0.39 is 0 Å². The van der Waals surface area contributed by atoms with Gasteiger partial charge in [0.1, 0.15) is 5.69 Å². The van der Waals surface area contributed by atoms with Gasteiger partial charge in [-0.2, -0.15) is 5.10 Å². The van der Waals surface area contributed by atoms with Gasteiger partial charge in [-0.05, 0) is 19.3 Å². The highest BCUT2D eigenvalue weighted by Gasteiger charge is 2.27. The second-order valence-corrected chi connectivity index (χ2v) is 5.69. The lowest BCUT2D eigenvalue weighted by atomic mass is 9.87. The summed E-state index contributed by atoms with van der Waals surface area (Å²) < 4.78 is 7.16. The van der Waals surface area contributed by atoms with Crippen LogP contribution in [-0.4, -0.2) is 22.7 Å². The molecule has 0 saturated heterocycles. The van der Waals surface area contributed by atoms with E-state index in [1.165, 1.54) is 32.1 Å². The largest absolute Gasteiger partial charge is 0.493 e. The molecule has 2 rings (SSSR count). The number of aryl methyl sites for hydroxylation is 1. The Morgan fingerprint density at radius 2 is 1.95 bits per heavy atom. The summed E-state index contributed by atoms with van der Waals surface area (Å²) >= 11 is 0. The Bertz CT molecular complexity index is 432. The first-order valence-corrected chi connectivity index (χ1v) is 7.92. The number of ether oxygens (including phenoxy) is 1. The summed E-state index contributed by atoms with van der Waals surface area (Å²) in [5.74, 6) is 1.01. The van der Waals surface area contributed by atoms with E-state index >= 15 is 0 Å². The minimum atomic E-state index is 0.150. The second kappa shape index (κ2) is 7.46. The molecule has 4 nitrogen and oxygen atoms in total. The van der Waals surface area contributed by atoms with Gasteiger partial charge in [-0.25, -0.2) is 0 Å². The number of Topliss-reactive ketones (excluding diaryl/α,β-unsaturated/α-hetero) is 1. The van der Waals surface area contributed by atoms with Crippen molar-refractivity contribution < 1.29 is 9.53 Å². The third-order valence-electron chi connectivity index (χ3n) is 4.17. The Labute approximate surface area is 121 Å². The zero-order chi connectivity index (χ0) is 14.4. The molecule has 1 aliphatic rings. The predicted molar refractivity (Wildman–Crippen MR) is 79.2 cm³/mol. The molecule has 1 fully saturated rings. The zero-order valence-electron chi connectivity index (χ0n) is 12.7. The average Bonchev–Trinajstić information content (AvgIpc) is 2.81. The molecule has 0 bridgehead atoms. The normalized spacial score (nSPS) is 17.5. The minimum Gasteiger partial charge on any atom is -0.493 e. The molecule has 0 N–H and O–H groups in total. The van der Waals surface area contributed by atoms with E-state index in [-0.39, 0.29) is 11.7 Å². The van der Waals surface area contributed by atoms with Crippen molar-refractivity contribution in [1.82, 2.24) is 9.78 Å². The molecule has 1 heterocycles. The number of nitrogens with zero attached hydrogens (tertiary/aromatic N) is 2. The van der Waals surface area contributed by atoms with Crippen LogP contribution in [0.25, 0.3) is 0 Å². The van der Waals surface area contributed by atoms with E-state index in [9.17, 15) is 4.79 Å². The number of aromatic nitrogens is 2. The number of carbonyl (C=O) groups excluding carboxylic acids is 1. The van der Waals surface area contributed by atoms with E-state index in [2.05, 4.69) is 12.0 Å². The standard InChI is InChI=1S/C16H26N2O2/c1-3-11-18-15(14(20-2)12-17-18)16(19)13-9-7-5-4-6-8-10-13/h12-13H,3-11H2,1-2H3. The number of carbonyl (C=O) groups is 1.